The average molecular weight is 517 g/mol. The number of pyridine rings is 1. The van der Waals surface area contributed by atoms with Crippen LogP contribution in [0.25, 0.3) is 11.3 Å². The number of aromatic nitrogens is 2. The molecule has 4 rings (SSSR count). The summed E-state index contributed by atoms with van der Waals surface area (Å²) in [6.07, 6.45) is 4.27. The van der Waals surface area contributed by atoms with Crippen molar-refractivity contribution in [3.63, 3.8) is 0 Å². The molecule has 35 heavy (non-hydrogen) atoms. The second-order valence-corrected chi connectivity index (χ2v) is 9.10. The summed E-state index contributed by atoms with van der Waals surface area (Å²) in [5.41, 5.74) is 1.63. The molecule has 2 aromatic heterocycles. The molecule has 1 aliphatic rings. The molecule has 8 nitrogen and oxygen atoms in total. The fraction of sp³-hybridized carbons (Fsp3) is 0.360. The molecule has 1 N–H and O–H groups in total. The van der Waals surface area contributed by atoms with Crippen LogP contribution in [-0.2, 0) is 16.0 Å². The highest BCUT2D eigenvalue weighted by atomic mass is 35.5. The van der Waals surface area contributed by atoms with E-state index < -0.39 is 0 Å². The SMILES string of the molecule is O=C(CCN(CC1CCCO1)C(=O)c1cc(-c2ccc(Cl)cc2Cl)on1)NCCc1ccccn1. The zero-order chi connectivity index (χ0) is 24.6. The molecular formula is C25H26Cl2N4O4. The van der Waals surface area contributed by atoms with Crippen molar-refractivity contribution in [2.45, 2.75) is 31.8 Å². The first-order valence-electron chi connectivity index (χ1n) is 11.5. The van der Waals surface area contributed by atoms with Gasteiger partial charge in [-0.2, -0.15) is 0 Å². The quantitative estimate of drug-likeness (QED) is 0.428. The van der Waals surface area contributed by atoms with E-state index in [0.717, 1.165) is 18.5 Å². The van der Waals surface area contributed by atoms with Gasteiger partial charge in [-0.25, -0.2) is 0 Å². The molecular weight excluding hydrogens is 491 g/mol. The van der Waals surface area contributed by atoms with Gasteiger partial charge in [0.2, 0.25) is 5.91 Å². The minimum Gasteiger partial charge on any atom is -0.376 e. The summed E-state index contributed by atoms with van der Waals surface area (Å²) in [7, 11) is 0. The van der Waals surface area contributed by atoms with E-state index in [1.165, 1.54) is 0 Å². The van der Waals surface area contributed by atoms with Gasteiger partial charge in [0.25, 0.3) is 5.91 Å². The van der Waals surface area contributed by atoms with E-state index in [-0.39, 0.29) is 36.6 Å². The van der Waals surface area contributed by atoms with E-state index in [0.29, 0.717) is 47.5 Å². The highest BCUT2D eigenvalue weighted by molar-refractivity contribution is 6.36. The Morgan fingerprint density at radius 1 is 1.17 bits per heavy atom. The van der Waals surface area contributed by atoms with Crippen LogP contribution < -0.4 is 5.32 Å². The third-order valence-corrected chi connectivity index (χ3v) is 6.25. The Morgan fingerprint density at radius 3 is 2.80 bits per heavy atom. The molecule has 10 heteroatoms. The third kappa shape index (κ3) is 7.04. The van der Waals surface area contributed by atoms with Crippen LogP contribution in [-0.4, -0.2) is 59.2 Å². The molecule has 1 atom stereocenters. The van der Waals surface area contributed by atoms with Crippen molar-refractivity contribution in [3.8, 4) is 11.3 Å². The number of benzene rings is 1. The molecule has 1 saturated heterocycles. The lowest BCUT2D eigenvalue weighted by atomic mass is 10.1. The van der Waals surface area contributed by atoms with Crippen LogP contribution in [0, 0.1) is 0 Å². The monoisotopic (exact) mass is 516 g/mol. The lowest BCUT2D eigenvalue weighted by Crippen LogP contribution is -2.40. The standard InChI is InChI=1S/C25H26Cl2N4O4/c26-17-6-7-20(21(27)14-17)23-15-22(30-35-23)25(33)31(16-19-5-3-13-34-19)12-9-24(32)29-11-8-18-4-1-2-10-28-18/h1-2,4,6-7,10,14-15,19H,3,5,8-9,11-13,16H2,(H,29,32). The summed E-state index contributed by atoms with van der Waals surface area (Å²) in [5, 5.41) is 7.73. The first kappa shape index (κ1) is 25.2. The molecule has 3 heterocycles. The third-order valence-electron chi connectivity index (χ3n) is 5.70. The van der Waals surface area contributed by atoms with Crippen molar-refractivity contribution in [2.24, 2.45) is 0 Å². The maximum atomic E-state index is 13.3. The fourth-order valence-electron chi connectivity index (χ4n) is 3.87. The van der Waals surface area contributed by atoms with E-state index >= 15 is 0 Å². The summed E-state index contributed by atoms with van der Waals surface area (Å²) in [6, 6.07) is 12.2. The molecule has 0 aliphatic carbocycles. The van der Waals surface area contributed by atoms with Crippen LogP contribution in [0.1, 0.15) is 35.4 Å². The van der Waals surface area contributed by atoms with Crippen LogP contribution in [0.3, 0.4) is 0 Å². The lowest BCUT2D eigenvalue weighted by Gasteiger charge is -2.24. The number of hydrogen-bond donors (Lipinski definition) is 1. The second-order valence-electron chi connectivity index (χ2n) is 8.26. The van der Waals surface area contributed by atoms with Gasteiger partial charge in [0.05, 0.1) is 11.1 Å². The molecule has 1 unspecified atom stereocenters. The van der Waals surface area contributed by atoms with Crippen LogP contribution >= 0.6 is 23.2 Å². The topological polar surface area (TPSA) is 97.6 Å². The normalized spacial score (nSPS) is 15.2. The van der Waals surface area contributed by atoms with Gasteiger partial charge in [0, 0.05) is 67.6 Å². The van der Waals surface area contributed by atoms with Gasteiger partial charge in [-0.15, -0.1) is 0 Å². The van der Waals surface area contributed by atoms with Crippen LogP contribution in [0.15, 0.2) is 53.2 Å². The Balaban J connectivity index is 1.38. The Hall–Kier alpha value is -2.94. The molecule has 1 aliphatic heterocycles. The highest BCUT2D eigenvalue weighted by Gasteiger charge is 2.26. The van der Waals surface area contributed by atoms with Crippen molar-refractivity contribution in [2.75, 3.05) is 26.2 Å². The van der Waals surface area contributed by atoms with Crippen molar-refractivity contribution in [3.05, 3.63) is 70.1 Å². The Labute approximate surface area is 213 Å². The van der Waals surface area contributed by atoms with Crippen LogP contribution in [0.5, 0.6) is 0 Å². The first-order chi connectivity index (χ1) is 17.0. The fourth-order valence-corrected chi connectivity index (χ4v) is 4.37. The first-order valence-corrected chi connectivity index (χ1v) is 12.2. The van der Waals surface area contributed by atoms with E-state index in [4.69, 9.17) is 32.5 Å². The van der Waals surface area contributed by atoms with Crippen molar-refractivity contribution in [1.82, 2.24) is 20.4 Å². The Kier molecular flexibility index (Phi) is 8.74. The number of carbonyl (C=O) groups excluding carboxylic acids is 2. The average Bonchev–Trinajstić information content (AvgIpc) is 3.54. The number of hydrogen-bond acceptors (Lipinski definition) is 6. The van der Waals surface area contributed by atoms with Gasteiger partial charge in [-0.05, 0) is 43.2 Å². The molecule has 0 bridgehead atoms. The Bertz CT molecular complexity index is 1150. The smallest absolute Gasteiger partial charge is 0.276 e. The molecule has 0 spiro atoms. The van der Waals surface area contributed by atoms with Gasteiger partial charge in [0.15, 0.2) is 11.5 Å². The highest BCUT2D eigenvalue weighted by Crippen LogP contribution is 2.31. The van der Waals surface area contributed by atoms with Gasteiger partial charge < -0.3 is 19.5 Å². The summed E-state index contributed by atoms with van der Waals surface area (Å²) in [5.74, 6) is -0.110. The maximum absolute atomic E-state index is 13.3. The number of carbonyl (C=O) groups is 2. The molecule has 3 aromatic rings. The molecule has 1 aromatic carbocycles. The van der Waals surface area contributed by atoms with Crippen molar-refractivity contribution in [1.29, 1.82) is 0 Å². The number of amides is 2. The van der Waals surface area contributed by atoms with E-state index in [9.17, 15) is 9.59 Å². The van der Waals surface area contributed by atoms with Gasteiger partial charge in [-0.3, -0.25) is 14.6 Å². The Morgan fingerprint density at radius 2 is 2.06 bits per heavy atom. The zero-order valence-corrected chi connectivity index (χ0v) is 20.6. The number of nitrogens with one attached hydrogen (secondary N) is 1. The summed E-state index contributed by atoms with van der Waals surface area (Å²) in [6.45, 7) is 1.76. The summed E-state index contributed by atoms with van der Waals surface area (Å²) >= 11 is 12.2. The van der Waals surface area contributed by atoms with Gasteiger partial charge >= 0.3 is 0 Å². The second kappa shape index (κ2) is 12.2. The number of nitrogens with zero attached hydrogens (tertiary/aromatic N) is 3. The molecule has 0 radical (unpaired) electrons. The van der Waals surface area contributed by atoms with E-state index in [2.05, 4.69) is 15.5 Å². The van der Waals surface area contributed by atoms with Gasteiger partial charge in [0.1, 0.15) is 0 Å². The lowest BCUT2D eigenvalue weighted by molar-refractivity contribution is -0.121. The summed E-state index contributed by atoms with van der Waals surface area (Å²) < 4.78 is 11.1. The van der Waals surface area contributed by atoms with E-state index in [1.807, 2.05) is 18.2 Å². The molecule has 184 valence electrons. The van der Waals surface area contributed by atoms with Crippen LogP contribution in [0.2, 0.25) is 10.0 Å². The predicted molar refractivity (Wildman–Crippen MR) is 132 cm³/mol. The zero-order valence-electron chi connectivity index (χ0n) is 19.1. The molecule has 0 saturated carbocycles. The number of ether oxygens (including phenoxy) is 1. The molecule has 1 fully saturated rings. The summed E-state index contributed by atoms with van der Waals surface area (Å²) in [4.78, 5) is 31.6. The molecule has 2 amide bonds. The maximum Gasteiger partial charge on any atom is 0.276 e. The van der Waals surface area contributed by atoms with Crippen molar-refractivity contribution < 1.29 is 18.8 Å². The van der Waals surface area contributed by atoms with Crippen molar-refractivity contribution >= 4 is 35.0 Å². The number of rotatable bonds is 10. The largest absolute Gasteiger partial charge is 0.376 e. The predicted octanol–water partition coefficient (Wildman–Crippen LogP) is 4.41. The minimum absolute atomic E-state index is 0.0664. The minimum atomic E-state index is -0.332. The van der Waals surface area contributed by atoms with Crippen LogP contribution in [0.4, 0.5) is 0 Å². The number of halogens is 2. The van der Waals surface area contributed by atoms with E-state index in [1.54, 1.807) is 35.4 Å². The van der Waals surface area contributed by atoms with Gasteiger partial charge in [-0.1, -0.05) is 34.4 Å².